The standard InChI is InChI=1S/C14H13ClF2N4O4/c1-7-3-4-9(10(5-7)25-14(16)17)18-11(22)6-20-8(2)12(15)13(19-20)21(23)24/h3-5,14H,6H2,1-2H3,(H,18,22). The molecule has 11 heteroatoms. The summed E-state index contributed by atoms with van der Waals surface area (Å²) in [6, 6.07) is 4.37. The van der Waals surface area contributed by atoms with Crippen molar-refractivity contribution in [2.45, 2.75) is 27.0 Å². The number of aryl methyl sites for hydroxylation is 1. The maximum Gasteiger partial charge on any atom is 0.408 e. The fourth-order valence-electron chi connectivity index (χ4n) is 2.03. The minimum Gasteiger partial charge on any atom is -0.433 e. The van der Waals surface area contributed by atoms with Crippen molar-refractivity contribution >= 4 is 29.0 Å². The third kappa shape index (κ3) is 4.41. The van der Waals surface area contributed by atoms with Gasteiger partial charge in [0.2, 0.25) is 5.91 Å². The Morgan fingerprint density at radius 2 is 2.16 bits per heavy atom. The number of amides is 1. The normalized spacial score (nSPS) is 10.8. The highest BCUT2D eigenvalue weighted by Gasteiger charge is 2.25. The van der Waals surface area contributed by atoms with E-state index in [4.69, 9.17) is 11.6 Å². The van der Waals surface area contributed by atoms with Crippen molar-refractivity contribution in [3.63, 3.8) is 0 Å². The molecule has 1 heterocycles. The average molecular weight is 375 g/mol. The molecule has 0 bridgehead atoms. The van der Waals surface area contributed by atoms with Crippen LogP contribution in [-0.4, -0.2) is 27.2 Å². The lowest BCUT2D eigenvalue weighted by Gasteiger charge is -2.12. The molecule has 0 atom stereocenters. The molecule has 0 unspecified atom stereocenters. The highest BCUT2D eigenvalue weighted by molar-refractivity contribution is 6.33. The molecule has 2 rings (SSSR count). The maximum atomic E-state index is 12.5. The molecule has 1 aromatic carbocycles. The number of hydrogen-bond donors (Lipinski definition) is 1. The number of carbonyl (C=O) groups excluding carboxylic acids is 1. The van der Waals surface area contributed by atoms with Crippen LogP contribution in [-0.2, 0) is 11.3 Å². The lowest BCUT2D eigenvalue weighted by molar-refractivity contribution is -0.389. The number of nitro groups is 1. The first-order chi connectivity index (χ1) is 11.7. The Hall–Kier alpha value is -2.75. The first kappa shape index (κ1) is 18.6. The average Bonchev–Trinajstić information content (AvgIpc) is 2.78. The van der Waals surface area contributed by atoms with Gasteiger partial charge in [-0.25, -0.2) is 0 Å². The van der Waals surface area contributed by atoms with Gasteiger partial charge >= 0.3 is 12.4 Å². The Labute approximate surface area is 145 Å². The van der Waals surface area contributed by atoms with Crippen molar-refractivity contribution in [1.29, 1.82) is 0 Å². The largest absolute Gasteiger partial charge is 0.433 e. The van der Waals surface area contributed by atoms with Gasteiger partial charge in [-0.15, -0.1) is 0 Å². The van der Waals surface area contributed by atoms with Crippen molar-refractivity contribution in [2.24, 2.45) is 0 Å². The minimum absolute atomic E-state index is 0.0429. The van der Waals surface area contributed by atoms with Gasteiger partial charge in [-0.2, -0.15) is 13.5 Å². The molecule has 1 aromatic heterocycles. The fraction of sp³-hybridized carbons (Fsp3) is 0.286. The van der Waals surface area contributed by atoms with Crippen LogP contribution in [0.2, 0.25) is 5.02 Å². The van der Waals surface area contributed by atoms with Crippen molar-refractivity contribution in [2.75, 3.05) is 5.32 Å². The molecule has 25 heavy (non-hydrogen) atoms. The zero-order chi connectivity index (χ0) is 18.7. The summed E-state index contributed by atoms with van der Waals surface area (Å²) < 4.78 is 30.4. The number of hydrogen-bond acceptors (Lipinski definition) is 5. The van der Waals surface area contributed by atoms with Crippen LogP contribution in [0.25, 0.3) is 0 Å². The molecule has 2 aromatic rings. The topological polar surface area (TPSA) is 99.3 Å². The molecule has 8 nitrogen and oxygen atoms in total. The van der Waals surface area contributed by atoms with E-state index in [1.807, 2.05) is 0 Å². The van der Waals surface area contributed by atoms with E-state index in [1.54, 1.807) is 13.0 Å². The number of anilines is 1. The number of aromatic nitrogens is 2. The summed E-state index contributed by atoms with van der Waals surface area (Å²) in [6.07, 6.45) is 0. The third-order valence-corrected chi connectivity index (χ3v) is 3.65. The lowest BCUT2D eigenvalue weighted by atomic mass is 10.2. The number of nitrogens with one attached hydrogen (secondary N) is 1. The zero-order valence-electron chi connectivity index (χ0n) is 13.1. The summed E-state index contributed by atoms with van der Waals surface area (Å²) in [7, 11) is 0. The SMILES string of the molecule is Cc1ccc(NC(=O)Cn2nc([N+](=O)[O-])c(Cl)c2C)c(OC(F)F)c1. The quantitative estimate of drug-likeness (QED) is 0.617. The first-order valence-corrected chi connectivity index (χ1v) is 7.29. The second kappa shape index (κ2) is 7.43. The molecule has 0 saturated heterocycles. The monoisotopic (exact) mass is 374 g/mol. The number of rotatable bonds is 6. The maximum absolute atomic E-state index is 12.5. The number of ether oxygens (including phenoxy) is 1. The molecular formula is C14H13ClF2N4O4. The van der Waals surface area contributed by atoms with Gasteiger partial charge in [-0.3, -0.25) is 4.79 Å². The van der Waals surface area contributed by atoms with E-state index in [9.17, 15) is 23.7 Å². The molecule has 0 aliphatic rings. The predicted molar refractivity (Wildman–Crippen MR) is 85.1 cm³/mol. The number of nitrogens with zero attached hydrogens (tertiary/aromatic N) is 3. The van der Waals surface area contributed by atoms with E-state index in [-0.39, 0.29) is 28.7 Å². The van der Waals surface area contributed by atoms with Gasteiger partial charge < -0.3 is 20.2 Å². The Bertz CT molecular complexity index is 825. The van der Waals surface area contributed by atoms with Crippen LogP contribution >= 0.6 is 11.6 Å². The lowest BCUT2D eigenvalue weighted by Crippen LogP contribution is -2.21. The van der Waals surface area contributed by atoms with E-state index in [0.717, 1.165) is 4.68 Å². The van der Waals surface area contributed by atoms with Crippen LogP contribution in [0.4, 0.5) is 20.3 Å². The number of carbonyl (C=O) groups is 1. The second-order valence-electron chi connectivity index (χ2n) is 5.06. The van der Waals surface area contributed by atoms with Crippen LogP contribution < -0.4 is 10.1 Å². The molecule has 0 radical (unpaired) electrons. The van der Waals surface area contributed by atoms with Crippen molar-refractivity contribution in [3.8, 4) is 5.75 Å². The molecule has 1 N–H and O–H groups in total. The highest BCUT2D eigenvalue weighted by atomic mass is 35.5. The van der Waals surface area contributed by atoms with E-state index in [1.165, 1.54) is 19.1 Å². The molecule has 1 amide bonds. The zero-order valence-corrected chi connectivity index (χ0v) is 13.9. The smallest absolute Gasteiger partial charge is 0.408 e. The Kier molecular flexibility index (Phi) is 5.52. The van der Waals surface area contributed by atoms with E-state index >= 15 is 0 Å². The van der Waals surface area contributed by atoms with Gasteiger partial charge in [-0.05, 0) is 36.5 Å². The Morgan fingerprint density at radius 3 is 2.72 bits per heavy atom. The first-order valence-electron chi connectivity index (χ1n) is 6.91. The van der Waals surface area contributed by atoms with Crippen LogP contribution in [0.5, 0.6) is 5.75 Å². The predicted octanol–water partition coefficient (Wildman–Crippen LogP) is 3.30. The third-order valence-electron chi connectivity index (χ3n) is 3.21. The molecule has 0 aliphatic carbocycles. The van der Waals surface area contributed by atoms with Gasteiger partial charge in [0.25, 0.3) is 0 Å². The molecule has 0 aliphatic heterocycles. The highest BCUT2D eigenvalue weighted by Crippen LogP contribution is 2.28. The van der Waals surface area contributed by atoms with E-state index in [0.29, 0.717) is 5.56 Å². The van der Waals surface area contributed by atoms with Gasteiger partial charge in [0, 0.05) is 0 Å². The summed E-state index contributed by atoms with van der Waals surface area (Å²) in [5.74, 6) is -1.39. The van der Waals surface area contributed by atoms with Crippen LogP contribution in [0.1, 0.15) is 11.3 Å². The second-order valence-corrected chi connectivity index (χ2v) is 5.44. The summed E-state index contributed by atoms with van der Waals surface area (Å²) in [5.41, 5.74) is 0.941. The van der Waals surface area contributed by atoms with Crippen LogP contribution in [0.3, 0.4) is 0 Å². The van der Waals surface area contributed by atoms with Crippen molar-refractivity contribution < 1.29 is 23.2 Å². The summed E-state index contributed by atoms with van der Waals surface area (Å²) >= 11 is 5.79. The molecule has 0 spiro atoms. The molecule has 0 saturated carbocycles. The van der Waals surface area contributed by atoms with E-state index < -0.39 is 23.3 Å². The number of halogens is 3. The number of alkyl halides is 2. The Balaban J connectivity index is 2.19. The van der Waals surface area contributed by atoms with Gasteiger partial charge in [-0.1, -0.05) is 17.7 Å². The van der Waals surface area contributed by atoms with Gasteiger partial charge in [0.1, 0.15) is 12.3 Å². The van der Waals surface area contributed by atoms with Crippen molar-refractivity contribution in [1.82, 2.24) is 9.78 Å². The molecular weight excluding hydrogens is 362 g/mol. The Morgan fingerprint density at radius 1 is 1.48 bits per heavy atom. The summed E-state index contributed by atoms with van der Waals surface area (Å²) in [4.78, 5) is 22.2. The van der Waals surface area contributed by atoms with E-state index in [2.05, 4.69) is 15.2 Å². The van der Waals surface area contributed by atoms with Crippen LogP contribution in [0.15, 0.2) is 18.2 Å². The van der Waals surface area contributed by atoms with Crippen LogP contribution in [0, 0.1) is 24.0 Å². The molecule has 0 fully saturated rings. The minimum atomic E-state index is -3.05. The number of benzene rings is 1. The van der Waals surface area contributed by atoms with Crippen molar-refractivity contribution in [3.05, 3.63) is 44.6 Å². The van der Waals surface area contributed by atoms with Gasteiger partial charge in [0.15, 0.2) is 5.02 Å². The summed E-state index contributed by atoms with van der Waals surface area (Å²) in [6.45, 7) is -0.292. The fourth-order valence-corrected chi connectivity index (χ4v) is 2.24. The van der Waals surface area contributed by atoms with Gasteiger partial charge in [0.05, 0.1) is 16.5 Å². The summed E-state index contributed by atoms with van der Waals surface area (Å²) in [5, 5.41) is 16.7. The molecule has 134 valence electrons.